The Labute approximate surface area is 132 Å². The van der Waals surface area contributed by atoms with Crippen molar-refractivity contribution in [2.45, 2.75) is 96.8 Å². The third-order valence-electron chi connectivity index (χ3n) is 4.37. The number of hydrogen-bond donors (Lipinski definition) is 1. The minimum absolute atomic E-state index is 0.971. The molecule has 0 unspecified atom stereocenters. The van der Waals surface area contributed by atoms with Gasteiger partial charge in [-0.3, -0.25) is 0 Å². The highest BCUT2D eigenvalue weighted by Gasteiger charge is 2.04. The van der Waals surface area contributed by atoms with Crippen LogP contribution in [0.3, 0.4) is 0 Å². The van der Waals surface area contributed by atoms with Gasteiger partial charge in [-0.1, -0.05) is 90.4 Å². The molecule has 1 heterocycles. The third kappa shape index (κ3) is 11.7. The Morgan fingerprint density at radius 2 is 1.24 bits per heavy atom. The van der Waals surface area contributed by atoms with Gasteiger partial charge in [-0.05, 0) is 6.42 Å². The van der Waals surface area contributed by atoms with Crippen LogP contribution >= 0.6 is 0 Å². The van der Waals surface area contributed by atoms with Crippen molar-refractivity contribution >= 4 is 6.21 Å². The van der Waals surface area contributed by atoms with E-state index in [1.807, 2.05) is 6.21 Å². The van der Waals surface area contributed by atoms with E-state index in [0.717, 1.165) is 13.1 Å². The van der Waals surface area contributed by atoms with Crippen LogP contribution in [-0.4, -0.2) is 24.3 Å². The van der Waals surface area contributed by atoms with E-state index in [1.165, 1.54) is 89.9 Å². The van der Waals surface area contributed by atoms with Crippen molar-refractivity contribution in [2.75, 3.05) is 13.1 Å². The lowest BCUT2D eigenvalue weighted by Crippen LogP contribution is -2.31. The first-order valence-corrected chi connectivity index (χ1v) is 9.45. The Morgan fingerprint density at radius 1 is 0.762 bits per heavy atom. The molecule has 0 aromatic carbocycles. The summed E-state index contributed by atoms with van der Waals surface area (Å²) in [5.74, 6) is 0. The molecule has 0 aliphatic carbocycles. The molecule has 0 spiro atoms. The van der Waals surface area contributed by atoms with Gasteiger partial charge in [-0.15, -0.1) is 0 Å². The average Bonchev–Trinajstić information content (AvgIpc) is 3.01. The highest BCUT2D eigenvalue weighted by atomic mass is 15.7. The van der Waals surface area contributed by atoms with Gasteiger partial charge in [0.15, 0.2) is 0 Å². The van der Waals surface area contributed by atoms with E-state index < -0.39 is 0 Å². The van der Waals surface area contributed by atoms with Crippen LogP contribution < -0.4 is 5.53 Å². The Hall–Kier alpha value is -0.570. The highest BCUT2D eigenvalue weighted by molar-refractivity contribution is 5.60. The van der Waals surface area contributed by atoms with Gasteiger partial charge in [0, 0.05) is 12.8 Å². The largest absolute Gasteiger partial charge is 0.240 e. The molecule has 0 saturated heterocycles. The predicted octanol–water partition coefficient (Wildman–Crippen LogP) is 5.27. The van der Waals surface area contributed by atoms with E-state index in [9.17, 15) is 0 Å². The van der Waals surface area contributed by atoms with E-state index in [-0.39, 0.29) is 0 Å². The third-order valence-corrected chi connectivity index (χ3v) is 4.37. The number of rotatable bonds is 15. The summed E-state index contributed by atoms with van der Waals surface area (Å²) in [4.78, 5) is 0. The van der Waals surface area contributed by atoms with Crippen LogP contribution in [0.5, 0.6) is 0 Å². The maximum atomic E-state index is 4.00. The highest BCUT2D eigenvalue weighted by Crippen LogP contribution is 2.13. The second kappa shape index (κ2) is 14.4. The summed E-state index contributed by atoms with van der Waals surface area (Å²) < 4.78 is 0. The van der Waals surface area contributed by atoms with E-state index in [4.69, 9.17) is 0 Å². The van der Waals surface area contributed by atoms with Gasteiger partial charge in [-0.25, -0.2) is 10.5 Å². The topological polar surface area (TPSA) is 27.6 Å². The van der Waals surface area contributed by atoms with Crippen LogP contribution in [0.1, 0.15) is 96.8 Å². The first-order valence-electron chi connectivity index (χ1n) is 9.45. The van der Waals surface area contributed by atoms with Crippen molar-refractivity contribution in [2.24, 2.45) is 5.10 Å². The summed E-state index contributed by atoms with van der Waals surface area (Å²) in [6, 6.07) is 0. The van der Waals surface area contributed by atoms with Gasteiger partial charge < -0.3 is 0 Å². The van der Waals surface area contributed by atoms with Crippen molar-refractivity contribution in [1.29, 1.82) is 0 Å². The second-order valence-corrected chi connectivity index (χ2v) is 6.45. The fraction of sp³-hybridized carbons (Fsp3) is 0.944. The molecule has 21 heavy (non-hydrogen) atoms. The molecular weight excluding hydrogens is 258 g/mol. The zero-order valence-corrected chi connectivity index (χ0v) is 14.3. The molecule has 1 aliphatic heterocycles. The molecule has 124 valence electrons. The van der Waals surface area contributed by atoms with Crippen molar-refractivity contribution in [3.05, 3.63) is 0 Å². The van der Waals surface area contributed by atoms with Gasteiger partial charge in [0.05, 0.1) is 6.54 Å². The fourth-order valence-corrected chi connectivity index (χ4v) is 2.94. The zero-order chi connectivity index (χ0) is 15.0. The lowest BCUT2D eigenvalue weighted by Gasteiger charge is -2.13. The van der Waals surface area contributed by atoms with E-state index in [2.05, 4.69) is 22.6 Å². The SMILES string of the molecule is CCCCCCCCCCCCCCCCN1CC=NN1. The molecule has 1 aliphatic rings. The van der Waals surface area contributed by atoms with Gasteiger partial charge in [0.25, 0.3) is 0 Å². The number of hydrazine groups is 1. The predicted molar refractivity (Wildman–Crippen MR) is 93.5 cm³/mol. The zero-order valence-electron chi connectivity index (χ0n) is 14.3. The number of nitrogens with zero attached hydrogens (tertiary/aromatic N) is 2. The summed E-state index contributed by atoms with van der Waals surface area (Å²) in [5.41, 5.74) is 3.01. The Kier molecular flexibility index (Phi) is 12.6. The quantitative estimate of drug-likeness (QED) is 0.417. The summed E-state index contributed by atoms with van der Waals surface area (Å²) in [5, 5.41) is 6.18. The smallest absolute Gasteiger partial charge is 0.0566 e. The minimum atomic E-state index is 0.971. The number of hydrogen-bond acceptors (Lipinski definition) is 3. The molecule has 0 atom stereocenters. The van der Waals surface area contributed by atoms with E-state index in [0.29, 0.717) is 0 Å². The van der Waals surface area contributed by atoms with Gasteiger partial charge in [-0.2, -0.15) is 5.10 Å². The molecular formula is C18H37N3. The number of nitrogens with one attached hydrogen (secondary N) is 1. The van der Waals surface area contributed by atoms with Gasteiger partial charge >= 0.3 is 0 Å². The molecule has 3 heteroatoms. The molecule has 0 aromatic heterocycles. The lowest BCUT2D eigenvalue weighted by atomic mass is 10.0. The molecule has 0 aromatic rings. The summed E-state index contributed by atoms with van der Waals surface area (Å²) in [7, 11) is 0. The van der Waals surface area contributed by atoms with Crippen LogP contribution in [0.15, 0.2) is 5.10 Å². The standard InChI is InChI=1S/C18H37N3/c1-2-3-4-5-6-7-8-9-10-11-12-13-14-15-17-21-18-16-19-20-21/h16,20H,2-15,17-18H2,1H3. The van der Waals surface area contributed by atoms with Crippen LogP contribution in [0.2, 0.25) is 0 Å². The molecule has 0 bridgehead atoms. The van der Waals surface area contributed by atoms with Crippen LogP contribution in [0, 0.1) is 0 Å². The minimum Gasteiger partial charge on any atom is -0.240 e. The van der Waals surface area contributed by atoms with E-state index in [1.54, 1.807) is 0 Å². The van der Waals surface area contributed by atoms with Gasteiger partial charge in [0.1, 0.15) is 0 Å². The summed E-state index contributed by atoms with van der Waals surface area (Å²) in [6.45, 7) is 4.40. The van der Waals surface area contributed by atoms with Crippen LogP contribution in [0.25, 0.3) is 0 Å². The van der Waals surface area contributed by atoms with Crippen molar-refractivity contribution in [1.82, 2.24) is 10.5 Å². The van der Waals surface area contributed by atoms with E-state index >= 15 is 0 Å². The van der Waals surface area contributed by atoms with Crippen molar-refractivity contribution in [3.8, 4) is 0 Å². The molecule has 1 rings (SSSR count). The van der Waals surface area contributed by atoms with Crippen LogP contribution in [-0.2, 0) is 0 Å². The Morgan fingerprint density at radius 3 is 1.67 bits per heavy atom. The molecule has 0 radical (unpaired) electrons. The lowest BCUT2D eigenvalue weighted by molar-refractivity contribution is 0.237. The van der Waals surface area contributed by atoms with Gasteiger partial charge in [0.2, 0.25) is 0 Å². The first-order chi connectivity index (χ1) is 10.4. The number of hydrazone groups is 1. The molecule has 0 amide bonds. The maximum Gasteiger partial charge on any atom is 0.0566 e. The molecule has 1 N–H and O–H groups in total. The fourth-order valence-electron chi connectivity index (χ4n) is 2.94. The molecule has 0 fully saturated rings. The summed E-state index contributed by atoms with van der Waals surface area (Å²) >= 11 is 0. The molecule has 0 saturated carbocycles. The van der Waals surface area contributed by atoms with Crippen molar-refractivity contribution < 1.29 is 0 Å². The Balaban J connectivity index is 1.65. The molecule has 3 nitrogen and oxygen atoms in total. The van der Waals surface area contributed by atoms with Crippen LogP contribution in [0.4, 0.5) is 0 Å². The normalized spacial score (nSPS) is 14.7. The summed E-state index contributed by atoms with van der Waals surface area (Å²) in [6.07, 6.45) is 21.9. The number of unbranched alkanes of at least 4 members (excludes halogenated alkanes) is 13. The monoisotopic (exact) mass is 295 g/mol. The first kappa shape index (κ1) is 18.5. The average molecular weight is 296 g/mol. The maximum absolute atomic E-state index is 4.00. The Bertz CT molecular complexity index is 233. The second-order valence-electron chi connectivity index (χ2n) is 6.45. The van der Waals surface area contributed by atoms with Crippen molar-refractivity contribution in [3.63, 3.8) is 0 Å².